The minimum Gasteiger partial charge on any atom is -0.378 e. The summed E-state index contributed by atoms with van der Waals surface area (Å²) in [5, 5.41) is 0. The lowest BCUT2D eigenvalue weighted by Gasteiger charge is -2.39. The molecule has 2 rings (SSSR count). The summed E-state index contributed by atoms with van der Waals surface area (Å²) in [6.45, 7) is 6.34. The van der Waals surface area contributed by atoms with E-state index in [-0.39, 0.29) is 30.1 Å². The molecule has 2 N–H and O–H groups in total. The van der Waals surface area contributed by atoms with Crippen molar-refractivity contribution in [1.29, 1.82) is 0 Å². The first kappa shape index (κ1) is 12.8. The molecule has 0 aliphatic carbocycles. The minimum atomic E-state index is -0.0206. The summed E-state index contributed by atoms with van der Waals surface area (Å²) in [5.41, 5.74) is 5.60. The number of rotatable bonds is 2. The normalized spacial score (nSPS) is 38.4. The molecule has 2 heterocycles. The maximum atomic E-state index is 12.4. The van der Waals surface area contributed by atoms with Crippen molar-refractivity contribution in [2.75, 3.05) is 26.3 Å². The number of nitrogens with zero attached hydrogens (tertiary/aromatic N) is 1. The molecule has 0 bridgehead atoms. The van der Waals surface area contributed by atoms with Gasteiger partial charge in [-0.05, 0) is 20.3 Å². The second-order valence-electron chi connectivity index (χ2n) is 5.00. The van der Waals surface area contributed by atoms with Gasteiger partial charge in [0.2, 0.25) is 5.91 Å². The molecular formula is C12H22N2O3. The fourth-order valence-electron chi connectivity index (χ4n) is 2.54. The van der Waals surface area contributed by atoms with E-state index >= 15 is 0 Å². The zero-order valence-corrected chi connectivity index (χ0v) is 10.6. The summed E-state index contributed by atoms with van der Waals surface area (Å²) in [4.78, 5) is 14.3. The van der Waals surface area contributed by atoms with Crippen LogP contribution in [0.2, 0.25) is 0 Å². The quantitative estimate of drug-likeness (QED) is 0.739. The fraction of sp³-hybridized carbons (Fsp3) is 0.917. The predicted octanol–water partition coefficient (Wildman–Crippen LogP) is -0.0140. The van der Waals surface area contributed by atoms with Crippen LogP contribution in [0.1, 0.15) is 20.3 Å². The molecule has 4 unspecified atom stereocenters. The number of amides is 1. The third-order valence-corrected chi connectivity index (χ3v) is 3.74. The van der Waals surface area contributed by atoms with Crippen molar-refractivity contribution in [3.63, 3.8) is 0 Å². The Morgan fingerprint density at radius 2 is 2.18 bits per heavy atom. The molecule has 0 aromatic heterocycles. The van der Waals surface area contributed by atoms with Gasteiger partial charge in [-0.25, -0.2) is 0 Å². The van der Waals surface area contributed by atoms with Gasteiger partial charge in [0.1, 0.15) is 0 Å². The van der Waals surface area contributed by atoms with Crippen LogP contribution in [0, 0.1) is 5.92 Å². The third kappa shape index (κ3) is 2.61. The molecule has 2 aliphatic rings. The van der Waals surface area contributed by atoms with Crippen molar-refractivity contribution in [2.24, 2.45) is 11.7 Å². The monoisotopic (exact) mass is 242 g/mol. The van der Waals surface area contributed by atoms with Crippen LogP contribution in [-0.2, 0) is 14.3 Å². The molecule has 5 heteroatoms. The lowest BCUT2D eigenvalue weighted by atomic mass is 9.99. The number of hydrogen-bond donors (Lipinski definition) is 1. The van der Waals surface area contributed by atoms with Crippen LogP contribution < -0.4 is 5.73 Å². The van der Waals surface area contributed by atoms with Crippen LogP contribution in [0.25, 0.3) is 0 Å². The summed E-state index contributed by atoms with van der Waals surface area (Å²) in [6.07, 6.45) is 0.846. The highest BCUT2D eigenvalue weighted by Crippen LogP contribution is 2.25. The van der Waals surface area contributed by atoms with Crippen molar-refractivity contribution < 1.29 is 14.3 Å². The molecule has 0 saturated carbocycles. The second kappa shape index (κ2) is 5.33. The highest BCUT2D eigenvalue weighted by molar-refractivity contribution is 5.80. The Bertz CT molecular complexity index is 285. The molecule has 17 heavy (non-hydrogen) atoms. The zero-order valence-electron chi connectivity index (χ0n) is 10.6. The van der Waals surface area contributed by atoms with E-state index in [1.54, 1.807) is 0 Å². The van der Waals surface area contributed by atoms with Crippen molar-refractivity contribution >= 4 is 5.91 Å². The van der Waals surface area contributed by atoms with Gasteiger partial charge in [0, 0.05) is 19.7 Å². The Labute approximate surface area is 102 Å². The van der Waals surface area contributed by atoms with Gasteiger partial charge in [-0.2, -0.15) is 0 Å². The van der Waals surface area contributed by atoms with E-state index in [9.17, 15) is 4.79 Å². The number of hydrogen-bond acceptors (Lipinski definition) is 4. The Morgan fingerprint density at radius 3 is 2.76 bits per heavy atom. The number of morpholine rings is 1. The summed E-state index contributed by atoms with van der Waals surface area (Å²) in [7, 11) is 0. The lowest BCUT2D eigenvalue weighted by Crippen LogP contribution is -2.55. The molecule has 1 amide bonds. The average molecular weight is 242 g/mol. The molecule has 0 radical (unpaired) electrons. The Balaban J connectivity index is 2.01. The summed E-state index contributed by atoms with van der Waals surface area (Å²) >= 11 is 0. The molecule has 2 aliphatic heterocycles. The minimum absolute atomic E-state index is 0.00831. The van der Waals surface area contributed by atoms with E-state index in [0.717, 1.165) is 6.42 Å². The number of carbonyl (C=O) groups is 1. The average Bonchev–Trinajstić information content (AvgIpc) is 2.75. The molecule has 0 aromatic carbocycles. The van der Waals surface area contributed by atoms with Crippen molar-refractivity contribution in [3.8, 4) is 0 Å². The van der Waals surface area contributed by atoms with Gasteiger partial charge in [-0.3, -0.25) is 4.79 Å². The predicted molar refractivity (Wildman–Crippen MR) is 63.5 cm³/mol. The third-order valence-electron chi connectivity index (χ3n) is 3.74. The van der Waals surface area contributed by atoms with Gasteiger partial charge >= 0.3 is 0 Å². The molecule has 0 spiro atoms. The molecule has 5 nitrogen and oxygen atoms in total. The molecular weight excluding hydrogens is 220 g/mol. The molecule has 98 valence electrons. The van der Waals surface area contributed by atoms with Gasteiger partial charge in [-0.1, -0.05) is 0 Å². The van der Waals surface area contributed by atoms with E-state index in [1.807, 2.05) is 18.7 Å². The van der Waals surface area contributed by atoms with Crippen LogP contribution in [-0.4, -0.2) is 55.4 Å². The lowest BCUT2D eigenvalue weighted by molar-refractivity contribution is -0.149. The number of carbonyl (C=O) groups excluding carboxylic acids is 1. The summed E-state index contributed by atoms with van der Waals surface area (Å²) in [5.74, 6) is 0.207. The second-order valence-corrected chi connectivity index (χ2v) is 5.00. The van der Waals surface area contributed by atoms with Gasteiger partial charge in [0.05, 0.1) is 30.8 Å². The van der Waals surface area contributed by atoms with Crippen molar-refractivity contribution in [2.45, 2.75) is 38.5 Å². The highest BCUT2D eigenvalue weighted by atomic mass is 16.5. The molecule has 4 atom stereocenters. The first-order valence-electron chi connectivity index (χ1n) is 6.37. The van der Waals surface area contributed by atoms with Crippen LogP contribution in [0.4, 0.5) is 0 Å². The fourth-order valence-corrected chi connectivity index (χ4v) is 2.54. The zero-order chi connectivity index (χ0) is 12.4. The Kier molecular flexibility index (Phi) is 4.01. The van der Waals surface area contributed by atoms with Crippen molar-refractivity contribution in [1.82, 2.24) is 4.90 Å². The standard InChI is InChI=1S/C12H22N2O3/c1-8-7-17-10(5-13)6-14(8)12(15)11-3-4-16-9(11)2/h8-11H,3-7,13H2,1-2H3. The SMILES string of the molecule is CC1OCCC1C(=O)N1CC(CN)OCC1C. The van der Waals surface area contributed by atoms with E-state index in [4.69, 9.17) is 15.2 Å². The maximum Gasteiger partial charge on any atom is 0.228 e. The molecule has 0 aromatic rings. The van der Waals surface area contributed by atoms with E-state index < -0.39 is 0 Å². The van der Waals surface area contributed by atoms with Crippen LogP contribution in [0.15, 0.2) is 0 Å². The maximum absolute atomic E-state index is 12.4. The molecule has 2 fully saturated rings. The van der Waals surface area contributed by atoms with Crippen LogP contribution >= 0.6 is 0 Å². The van der Waals surface area contributed by atoms with Gasteiger partial charge in [0.15, 0.2) is 0 Å². The number of nitrogens with two attached hydrogens (primary N) is 1. The van der Waals surface area contributed by atoms with E-state index in [1.165, 1.54) is 0 Å². The Hall–Kier alpha value is -0.650. The first-order chi connectivity index (χ1) is 8.13. The van der Waals surface area contributed by atoms with Crippen molar-refractivity contribution in [3.05, 3.63) is 0 Å². The van der Waals surface area contributed by atoms with E-state index in [2.05, 4.69) is 0 Å². The van der Waals surface area contributed by atoms with Crippen LogP contribution in [0.5, 0.6) is 0 Å². The smallest absolute Gasteiger partial charge is 0.228 e. The highest BCUT2D eigenvalue weighted by Gasteiger charge is 2.37. The molecule has 2 saturated heterocycles. The van der Waals surface area contributed by atoms with Gasteiger partial charge in [0.25, 0.3) is 0 Å². The topological polar surface area (TPSA) is 64.8 Å². The summed E-state index contributed by atoms with van der Waals surface area (Å²) < 4.78 is 11.0. The van der Waals surface area contributed by atoms with E-state index in [0.29, 0.717) is 26.3 Å². The number of ether oxygens (including phenoxy) is 2. The largest absolute Gasteiger partial charge is 0.378 e. The summed E-state index contributed by atoms with van der Waals surface area (Å²) in [6, 6.07) is 0.137. The van der Waals surface area contributed by atoms with Crippen LogP contribution in [0.3, 0.4) is 0 Å². The van der Waals surface area contributed by atoms with Gasteiger partial charge in [-0.15, -0.1) is 0 Å². The van der Waals surface area contributed by atoms with Gasteiger partial charge < -0.3 is 20.1 Å². The Morgan fingerprint density at radius 1 is 1.41 bits per heavy atom. The first-order valence-corrected chi connectivity index (χ1v) is 6.37.